The molecule has 4 aromatic rings. The third-order valence-electron chi connectivity index (χ3n) is 5.90. The van der Waals surface area contributed by atoms with Gasteiger partial charge in [0, 0.05) is 23.0 Å². The second-order valence-electron chi connectivity index (χ2n) is 8.73. The fourth-order valence-corrected chi connectivity index (χ4v) is 6.68. The van der Waals surface area contributed by atoms with Crippen LogP contribution in [0.25, 0.3) is 20.8 Å². The third kappa shape index (κ3) is 4.43. The lowest BCUT2D eigenvalue weighted by Gasteiger charge is -2.26. The van der Waals surface area contributed by atoms with E-state index in [-0.39, 0.29) is 18.0 Å². The Morgan fingerprint density at radius 1 is 1.23 bits per heavy atom. The molecule has 182 valence electrons. The lowest BCUT2D eigenvalue weighted by Crippen LogP contribution is -2.35. The Kier molecular flexibility index (Phi) is 6.33. The summed E-state index contributed by atoms with van der Waals surface area (Å²) in [7, 11) is 0. The smallest absolute Gasteiger partial charge is 0.410 e. The number of para-hydroxylation sites is 1. The summed E-state index contributed by atoms with van der Waals surface area (Å²) in [5.41, 5.74) is 4.34. The van der Waals surface area contributed by atoms with Crippen LogP contribution in [-0.4, -0.2) is 44.8 Å². The van der Waals surface area contributed by atoms with Crippen LogP contribution < -0.4 is 5.32 Å². The molecular weight excluding hydrogens is 482 g/mol. The van der Waals surface area contributed by atoms with Gasteiger partial charge in [0.15, 0.2) is 0 Å². The van der Waals surface area contributed by atoms with Gasteiger partial charge in [0.1, 0.15) is 15.7 Å². The number of hydrogen-bond donors (Lipinski definition) is 1. The predicted molar refractivity (Wildman–Crippen MR) is 139 cm³/mol. The molecule has 8 nitrogen and oxygen atoms in total. The zero-order valence-corrected chi connectivity index (χ0v) is 21.8. The summed E-state index contributed by atoms with van der Waals surface area (Å²) >= 11 is 3.12. The Labute approximate surface area is 211 Å². The minimum absolute atomic E-state index is 0.0582. The number of fused-ring (bicyclic) bond motifs is 2. The molecule has 0 aliphatic carbocycles. The number of nitrogens with one attached hydrogen (secondary N) is 1. The molecule has 0 saturated carbocycles. The molecule has 1 aliphatic rings. The SMILES string of the molecule is CCOC(=O)N1CCc2c(sc(NC(=O)c3cc(C)nn3C(C)C)c2-c2nc3ccccc3s2)C1. The average molecular weight is 510 g/mol. The maximum Gasteiger partial charge on any atom is 0.410 e. The maximum atomic E-state index is 13.4. The fourth-order valence-electron chi connectivity index (χ4n) is 4.31. The summed E-state index contributed by atoms with van der Waals surface area (Å²) in [6, 6.07) is 9.90. The molecule has 35 heavy (non-hydrogen) atoms. The molecule has 0 saturated heterocycles. The van der Waals surface area contributed by atoms with Crippen LogP contribution >= 0.6 is 22.7 Å². The van der Waals surface area contributed by atoms with Crippen molar-refractivity contribution in [2.24, 2.45) is 0 Å². The number of carbonyl (C=O) groups excluding carboxylic acids is 2. The molecule has 1 aliphatic heterocycles. The largest absolute Gasteiger partial charge is 0.450 e. The third-order valence-corrected chi connectivity index (χ3v) is 8.08. The zero-order chi connectivity index (χ0) is 24.7. The van der Waals surface area contributed by atoms with E-state index in [1.165, 1.54) is 11.3 Å². The molecule has 5 rings (SSSR count). The fraction of sp³-hybridized carbons (Fsp3) is 0.360. The Hall–Kier alpha value is -3.24. The highest BCUT2D eigenvalue weighted by Gasteiger charge is 2.30. The monoisotopic (exact) mass is 509 g/mol. The number of aryl methyl sites for hydroxylation is 1. The van der Waals surface area contributed by atoms with E-state index in [9.17, 15) is 9.59 Å². The van der Waals surface area contributed by atoms with Crippen molar-refractivity contribution in [3.8, 4) is 10.6 Å². The van der Waals surface area contributed by atoms with E-state index < -0.39 is 0 Å². The van der Waals surface area contributed by atoms with Crippen LogP contribution in [0.1, 0.15) is 53.4 Å². The zero-order valence-electron chi connectivity index (χ0n) is 20.1. The van der Waals surface area contributed by atoms with Crippen LogP contribution in [0.2, 0.25) is 0 Å². The van der Waals surface area contributed by atoms with Gasteiger partial charge in [-0.05, 0) is 57.9 Å². The Morgan fingerprint density at radius 3 is 2.77 bits per heavy atom. The van der Waals surface area contributed by atoms with Crippen LogP contribution in [0.5, 0.6) is 0 Å². The highest BCUT2D eigenvalue weighted by Crippen LogP contribution is 2.46. The minimum Gasteiger partial charge on any atom is -0.450 e. The highest BCUT2D eigenvalue weighted by molar-refractivity contribution is 7.23. The summed E-state index contributed by atoms with van der Waals surface area (Å²) in [6.07, 6.45) is 0.365. The average Bonchev–Trinajstić information content (AvgIpc) is 3.52. The molecule has 0 spiro atoms. The number of thiophene rings is 1. The van der Waals surface area contributed by atoms with E-state index in [2.05, 4.69) is 16.5 Å². The summed E-state index contributed by atoms with van der Waals surface area (Å²) in [5.74, 6) is -0.206. The summed E-state index contributed by atoms with van der Waals surface area (Å²) in [5, 5.41) is 9.26. The van der Waals surface area contributed by atoms with Crippen molar-refractivity contribution >= 4 is 49.9 Å². The maximum absolute atomic E-state index is 13.4. The predicted octanol–water partition coefficient (Wildman–Crippen LogP) is 5.88. The molecule has 0 bridgehead atoms. The van der Waals surface area contributed by atoms with Crippen LogP contribution in [0.3, 0.4) is 0 Å². The molecule has 0 radical (unpaired) electrons. The van der Waals surface area contributed by atoms with Crippen LogP contribution in [0.15, 0.2) is 30.3 Å². The highest BCUT2D eigenvalue weighted by atomic mass is 32.1. The molecule has 1 N–H and O–H groups in total. The molecule has 3 aromatic heterocycles. The Balaban J connectivity index is 1.56. The summed E-state index contributed by atoms with van der Waals surface area (Å²) in [4.78, 5) is 33.4. The van der Waals surface area contributed by atoms with Gasteiger partial charge in [-0.3, -0.25) is 9.48 Å². The van der Waals surface area contributed by atoms with Crippen LogP contribution in [0.4, 0.5) is 9.80 Å². The number of hydrogen-bond acceptors (Lipinski definition) is 7. The van der Waals surface area contributed by atoms with E-state index >= 15 is 0 Å². The van der Waals surface area contributed by atoms with E-state index in [1.54, 1.807) is 27.8 Å². The van der Waals surface area contributed by atoms with E-state index in [0.29, 0.717) is 31.8 Å². The Morgan fingerprint density at radius 2 is 2.03 bits per heavy atom. The Bertz CT molecular complexity index is 1380. The van der Waals surface area contributed by atoms with E-state index in [1.807, 2.05) is 45.0 Å². The van der Waals surface area contributed by atoms with Crippen molar-refractivity contribution < 1.29 is 14.3 Å². The number of amides is 2. The van der Waals surface area contributed by atoms with E-state index in [0.717, 1.165) is 41.9 Å². The molecule has 4 heterocycles. The van der Waals surface area contributed by atoms with Crippen molar-refractivity contribution in [1.82, 2.24) is 19.7 Å². The first kappa shape index (κ1) is 23.5. The van der Waals surface area contributed by atoms with E-state index in [4.69, 9.17) is 9.72 Å². The van der Waals surface area contributed by atoms with Gasteiger partial charge in [0.05, 0.1) is 29.1 Å². The van der Waals surface area contributed by atoms with Gasteiger partial charge in [-0.25, -0.2) is 9.78 Å². The lowest BCUT2D eigenvalue weighted by molar-refractivity contribution is 0.101. The number of thiazole rings is 1. The molecule has 0 atom stereocenters. The first-order valence-electron chi connectivity index (χ1n) is 11.6. The van der Waals surface area contributed by atoms with Crippen molar-refractivity contribution in [2.45, 2.75) is 46.7 Å². The second-order valence-corrected chi connectivity index (χ2v) is 10.9. The van der Waals surface area contributed by atoms with Crippen LogP contribution in [-0.2, 0) is 17.7 Å². The number of carbonyl (C=O) groups is 2. The van der Waals surface area contributed by atoms with Gasteiger partial charge in [0.2, 0.25) is 0 Å². The van der Waals surface area contributed by atoms with Gasteiger partial charge in [-0.2, -0.15) is 5.10 Å². The van der Waals surface area contributed by atoms with Crippen molar-refractivity contribution in [2.75, 3.05) is 18.5 Å². The molecule has 0 unspecified atom stereocenters. The molecular formula is C25H27N5O3S2. The van der Waals surface area contributed by atoms with Gasteiger partial charge >= 0.3 is 6.09 Å². The summed E-state index contributed by atoms with van der Waals surface area (Å²) < 4.78 is 8.06. The first-order chi connectivity index (χ1) is 16.9. The topological polar surface area (TPSA) is 89.4 Å². The quantitative estimate of drug-likeness (QED) is 0.363. The standard InChI is InChI=1S/C25H27N5O3S2/c1-5-33-25(32)29-11-10-16-20(13-29)35-24(21(16)23-26-17-8-6-7-9-19(17)34-23)27-22(31)18-12-15(4)28-30(18)14(2)3/h6-9,12,14H,5,10-11,13H2,1-4H3,(H,27,31). The van der Waals surface area contributed by atoms with Crippen LogP contribution in [0, 0.1) is 6.92 Å². The number of benzene rings is 1. The number of anilines is 1. The van der Waals surface area contributed by atoms with Gasteiger partial charge in [-0.1, -0.05) is 12.1 Å². The molecule has 10 heteroatoms. The first-order valence-corrected chi connectivity index (χ1v) is 13.3. The number of nitrogens with zero attached hydrogens (tertiary/aromatic N) is 4. The number of ether oxygens (including phenoxy) is 1. The van der Waals surface area contributed by atoms with Gasteiger partial charge in [0.25, 0.3) is 5.91 Å². The van der Waals surface area contributed by atoms with Gasteiger partial charge < -0.3 is 15.0 Å². The lowest BCUT2D eigenvalue weighted by atomic mass is 10.0. The molecule has 0 fully saturated rings. The number of rotatable bonds is 5. The molecule has 2 amide bonds. The van der Waals surface area contributed by atoms with Gasteiger partial charge in [-0.15, -0.1) is 22.7 Å². The van der Waals surface area contributed by atoms with Crippen molar-refractivity contribution in [3.63, 3.8) is 0 Å². The number of aromatic nitrogens is 3. The van der Waals surface area contributed by atoms with Crippen molar-refractivity contribution in [3.05, 3.63) is 52.2 Å². The normalized spacial score (nSPS) is 13.3. The molecule has 1 aromatic carbocycles. The summed E-state index contributed by atoms with van der Waals surface area (Å²) in [6.45, 7) is 9.06. The van der Waals surface area contributed by atoms with Crippen molar-refractivity contribution in [1.29, 1.82) is 0 Å². The minimum atomic E-state index is -0.310. The second kappa shape index (κ2) is 9.43.